The predicted molar refractivity (Wildman–Crippen MR) is 82.3 cm³/mol. The second kappa shape index (κ2) is 6.15. The minimum atomic E-state index is -0.0874. The normalized spacial score (nSPS) is 24.0. The molecule has 6 heteroatoms. The van der Waals surface area contributed by atoms with Gasteiger partial charge in [-0.05, 0) is 13.8 Å². The molecular formula is C15H26N4O2. The Kier molecular flexibility index (Phi) is 4.68. The molecule has 2 atom stereocenters. The summed E-state index contributed by atoms with van der Waals surface area (Å²) < 4.78 is 5.18. The van der Waals surface area contributed by atoms with Crippen molar-refractivity contribution in [2.24, 2.45) is 0 Å². The lowest BCUT2D eigenvalue weighted by Crippen LogP contribution is -2.55. The summed E-state index contributed by atoms with van der Waals surface area (Å²) >= 11 is 0. The van der Waals surface area contributed by atoms with Crippen LogP contribution in [0.1, 0.15) is 40.3 Å². The number of piperazine rings is 1. The third kappa shape index (κ3) is 4.54. The smallest absolute Gasteiger partial charge is 0.240 e. The predicted octanol–water partition coefficient (Wildman–Crippen LogP) is 1.59. The van der Waals surface area contributed by atoms with Gasteiger partial charge >= 0.3 is 0 Å². The van der Waals surface area contributed by atoms with Crippen LogP contribution in [-0.2, 0) is 10.2 Å². The van der Waals surface area contributed by atoms with Crippen molar-refractivity contribution in [1.82, 2.24) is 15.4 Å². The summed E-state index contributed by atoms with van der Waals surface area (Å²) in [5.74, 6) is 0.356. The number of nitrogens with zero attached hydrogens (tertiary/aromatic N) is 2. The molecule has 21 heavy (non-hydrogen) atoms. The fraction of sp³-hybridized carbons (Fsp3) is 0.733. The summed E-state index contributed by atoms with van der Waals surface area (Å²) in [6.45, 7) is 12.6. The molecule has 1 aliphatic rings. The van der Waals surface area contributed by atoms with E-state index in [0.717, 1.165) is 18.8 Å². The van der Waals surface area contributed by atoms with Crippen LogP contribution in [0.15, 0.2) is 10.6 Å². The number of amides is 1. The average molecular weight is 294 g/mol. The van der Waals surface area contributed by atoms with Crippen molar-refractivity contribution in [2.45, 2.75) is 52.1 Å². The maximum Gasteiger partial charge on any atom is 0.240 e. The molecule has 0 radical (unpaired) electrons. The molecule has 6 nitrogen and oxygen atoms in total. The Hall–Kier alpha value is -1.40. The van der Waals surface area contributed by atoms with Crippen molar-refractivity contribution in [1.29, 1.82) is 0 Å². The summed E-state index contributed by atoms with van der Waals surface area (Å²) in [4.78, 5) is 14.2. The van der Waals surface area contributed by atoms with E-state index in [9.17, 15) is 4.79 Å². The topological polar surface area (TPSA) is 70.4 Å². The molecule has 0 saturated carbocycles. The van der Waals surface area contributed by atoms with Crippen LogP contribution in [0.2, 0.25) is 0 Å². The molecule has 1 amide bonds. The van der Waals surface area contributed by atoms with E-state index in [1.165, 1.54) is 0 Å². The van der Waals surface area contributed by atoms with Crippen molar-refractivity contribution in [3.05, 3.63) is 11.8 Å². The highest BCUT2D eigenvalue weighted by Gasteiger charge is 2.23. The van der Waals surface area contributed by atoms with E-state index in [0.29, 0.717) is 24.5 Å². The van der Waals surface area contributed by atoms with Crippen molar-refractivity contribution >= 4 is 11.8 Å². The van der Waals surface area contributed by atoms with Crippen LogP contribution in [0.3, 0.4) is 0 Å². The van der Waals surface area contributed by atoms with Gasteiger partial charge in [-0.15, -0.1) is 0 Å². The van der Waals surface area contributed by atoms with Gasteiger partial charge in [0.1, 0.15) is 0 Å². The van der Waals surface area contributed by atoms with E-state index in [-0.39, 0.29) is 11.3 Å². The quantitative estimate of drug-likeness (QED) is 0.886. The molecule has 1 fully saturated rings. The molecule has 0 aromatic carbocycles. The van der Waals surface area contributed by atoms with Crippen molar-refractivity contribution in [2.75, 3.05) is 25.0 Å². The second-order valence-corrected chi connectivity index (χ2v) is 7.04. The highest BCUT2D eigenvalue weighted by atomic mass is 16.5. The molecule has 1 aromatic heterocycles. The van der Waals surface area contributed by atoms with Gasteiger partial charge in [0.05, 0.1) is 12.2 Å². The zero-order chi connectivity index (χ0) is 15.6. The molecule has 2 rings (SSSR count). The van der Waals surface area contributed by atoms with Gasteiger partial charge in [0.15, 0.2) is 0 Å². The molecule has 2 heterocycles. The van der Waals surface area contributed by atoms with Crippen LogP contribution < -0.4 is 10.6 Å². The largest absolute Gasteiger partial charge is 0.338 e. The Bertz CT molecular complexity index is 482. The van der Waals surface area contributed by atoms with E-state index in [4.69, 9.17) is 4.52 Å². The lowest BCUT2D eigenvalue weighted by molar-refractivity contribution is -0.117. The molecule has 2 N–H and O–H groups in total. The van der Waals surface area contributed by atoms with Crippen LogP contribution in [-0.4, -0.2) is 47.7 Å². The second-order valence-electron chi connectivity index (χ2n) is 7.04. The molecule has 0 spiro atoms. The van der Waals surface area contributed by atoms with E-state index in [1.807, 2.05) is 0 Å². The number of anilines is 1. The number of aromatic nitrogens is 1. The molecule has 1 saturated heterocycles. The number of carbonyl (C=O) groups excluding carboxylic acids is 1. The first kappa shape index (κ1) is 16.0. The van der Waals surface area contributed by atoms with Gasteiger partial charge in [-0.25, -0.2) is 0 Å². The molecule has 1 aliphatic heterocycles. The first-order valence-corrected chi connectivity index (χ1v) is 7.49. The summed E-state index contributed by atoms with van der Waals surface area (Å²) in [6, 6.07) is 2.60. The number of carbonyl (C=O) groups is 1. The Balaban J connectivity index is 1.88. The van der Waals surface area contributed by atoms with Crippen molar-refractivity contribution in [3.63, 3.8) is 0 Å². The maximum absolute atomic E-state index is 12.1. The van der Waals surface area contributed by atoms with Crippen LogP contribution in [0.5, 0.6) is 0 Å². The molecule has 0 aliphatic carbocycles. The molecule has 1 aromatic rings. The van der Waals surface area contributed by atoms with Crippen LogP contribution in [0, 0.1) is 0 Å². The molecule has 0 bridgehead atoms. The maximum atomic E-state index is 12.1. The van der Waals surface area contributed by atoms with Crippen molar-refractivity contribution in [3.8, 4) is 0 Å². The lowest BCUT2D eigenvalue weighted by Gasteiger charge is -2.35. The fourth-order valence-corrected chi connectivity index (χ4v) is 2.64. The van der Waals surface area contributed by atoms with Gasteiger partial charge in [-0.2, -0.15) is 0 Å². The third-order valence-electron chi connectivity index (χ3n) is 3.54. The molecular weight excluding hydrogens is 268 g/mol. The van der Waals surface area contributed by atoms with Crippen LogP contribution >= 0.6 is 0 Å². The zero-order valence-electron chi connectivity index (χ0n) is 13.6. The number of rotatable bonds is 3. The summed E-state index contributed by atoms with van der Waals surface area (Å²) in [5.41, 5.74) is 0.748. The molecule has 118 valence electrons. The standard InChI is InChI=1S/C15H26N4O2/c1-10-7-19(8-11(2)16-10)9-13(20)17-14-6-12(18-21-14)15(3,4)5/h6,10-11,16H,7-9H2,1-5H3,(H,17,20). The Labute approximate surface area is 126 Å². The lowest BCUT2D eigenvalue weighted by atomic mass is 9.92. The van der Waals surface area contributed by atoms with Gasteiger partial charge in [0.2, 0.25) is 11.8 Å². The highest BCUT2D eigenvalue weighted by molar-refractivity contribution is 5.91. The average Bonchev–Trinajstić information content (AvgIpc) is 2.75. The Morgan fingerprint density at radius 3 is 2.57 bits per heavy atom. The highest BCUT2D eigenvalue weighted by Crippen LogP contribution is 2.23. The van der Waals surface area contributed by atoms with Crippen LogP contribution in [0.25, 0.3) is 0 Å². The van der Waals surface area contributed by atoms with E-state index in [1.54, 1.807) is 6.07 Å². The zero-order valence-corrected chi connectivity index (χ0v) is 13.6. The van der Waals surface area contributed by atoms with E-state index < -0.39 is 0 Å². The fourth-order valence-electron chi connectivity index (χ4n) is 2.64. The van der Waals surface area contributed by atoms with Gasteiger partial charge in [0.25, 0.3) is 0 Å². The van der Waals surface area contributed by atoms with E-state index in [2.05, 4.69) is 55.3 Å². The molecule has 2 unspecified atom stereocenters. The third-order valence-corrected chi connectivity index (χ3v) is 3.54. The summed E-state index contributed by atoms with van der Waals surface area (Å²) in [5, 5.41) is 10.2. The van der Waals surface area contributed by atoms with Gasteiger partial charge in [-0.3, -0.25) is 15.0 Å². The number of hydrogen-bond acceptors (Lipinski definition) is 5. The monoisotopic (exact) mass is 294 g/mol. The van der Waals surface area contributed by atoms with Gasteiger partial charge < -0.3 is 9.84 Å². The Morgan fingerprint density at radius 2 is 2.05 bits per heavy atom. The summed E-state index contributed by atoms with van der Waals surface area (Å²) in [6.07, 6.45) is 0. The first-order chi connectivity index (χ1) is 9.74. The number of nitrogens with one attached hydrogen (secondary N) is 2. The van der Waals surface area contributed by atoms with Gasteiger partial charge in [-0.1, -0.05) is 25.9 Å². The van der Waals surface area contributed by atoms with Crippen molar-refractivity contribution < 1.29 is 9.32 Å². The minimum Gasteiger partial charge on any atom is -0.338 e. The summed E-state index contributed by atoms with van der Waals surface area (Å²) in [7, 11) is 0. The minimum absolute atomic E-state index is 0.0621. The SMILES string of the molecule is CC1CN(CC(=O)Nc2cc(C(C)(C)C)no2)CC(C)N1. The number of hydrogen-bond donors (Lipinski definition) is 2. The van der Waals surface area contributed by atoms with Gasteiger partial charge in [0, 0.05) is 36.7 Å². The Morgan fingerprint density at radius 1 is 1.43 bits per heavy atom. The first-order valence-electron chi connectivity index (χ1n) is 7.49. The van der Waals surface area contributed by atoms with Crippen LogP contribution in [0.4, 0.5) is 5.88 Å². The van der Waals surface area contributed by atoms with E-state index >= 15 is 0 Å².